The second-order valence-electron chi connectivity index (χ2n) is 8.09. The van der Waals surface area contributed by atoms with Gasteiger partial charge in [0, 0.05) is 11.4 Å². The molecule has 0 fully saturated rings. The predicted molar refractivity (Wildman–Crippen MR) is 132 cm³/mol. The zero-order valence-corrected chi connectivity index (χ0v) is 20.0. The minimum Gasteiger partial charge on any atom is -0.484 e. The highest BCUT2D eigenvalue weighted by Gasteiger charge is 2.15. The third-order valence-electron chi connectivity index (χ3n) is 5.03. The standard InChI is InChI=1S/C26H30N2O4S/c1-4-5-6-21-7-9-22(10-8-21)27-26(29)18-32-24-11-13-25(14-12-24)33(30,31)28-23-16-19(2)15-20(3)17-23/h7-17,28H,4-6,18H2,1-3H3,(H,27,29). The molecule has 0 aliphatic rings. The summed E-state index contributed by atoms with van der Waals surface area (Å²) in [4.78, 5) is 12.3. The number of carbonyl (C=O) groups is 1. The lowest BCUT2D eigenvalue weighted by atomic mass is 10.1. The highest BCUT2D eigenvalue weighted by Crippen LogP contribution is 2.21. The van der Waals surface area contributed by atoms with Crippen molar-refractivity contribution < 1.29 is 17.9 Å². The molecule has 174 valence electrons. The Kier molecular flexibility index (Phi) is 8.11. The lowest BCUT2D eigenvalue weighted by Gasteiger charge is -2.11. The van der Waals surface area contributed by atoms with Crippen molar-refractivity contribution in [3.63, 3.8) is 0 Å². The van der Waals surface area contributed by atoms with Crippen molar-refractivity contribution in [2.45, 2.75) is 44.9 Å². The highest BCUT2D eigenvalue weighted by atomic mass is 32.2. The molecule has 2 N–H and O–H groups in total. The Bertz CT molecular complexity index is 1170. The molecule has 6 nitrogen and oxygen atoms in total. The number of aryl methyl sites for hydroxylation is 3. The van der Waals surface area contributed by atoms with E-state index in [0.29, 0.717) is 17.1 Å². The van der Waals surface area contributed by atoms with E-state index in [1.807, 2.05) is 44.2 Å². The first kappa shape index (κ1) is 24.3. The third kappa shape index (κ3) is 7.36. The van der Waals surface area contributed by atoms with Gasteiger partial charge in [-0.05, 0) is 91.9 Å². The van der Waals surface area contributed by atoms with Crippen molar-refractivity contribution in [2.75, 3.05) is 16.6 Å². The van der Waals surface area contributed by atoms with Crippen molar-refractivity contribution in [3.8, 4) is 5.75 Å². The van der Waals surface area contributed by atoms with Gasteiger partial charge in [0.1, 0.15) is 5.75 Å². The van der Waals surface area contributed by atoms with Gasteiger partial charge in [0.05, 0.1) is 4.90 Å². The van der Waals surface area contributed by atoms with Crippen molar-refractivity contribution in [2.24, 2.45) is 0 Å². The quantitative estimate of drug-likeness (QED) is 0.415. The van der Waals surface area contributed by atoms with Gasteiger partial charge in [-0.2, -0.15) is 0 Å². The number of rotatable bonds is 10. The molecule has 0 radical (unpaired) electrons. The third-order valence-corrected chi connectivity index (χ3v) is 6.43. The Balaban J connectivity index is 1.54. The van der Waals surface area contributed by atoms with Gasteiger partial charge in [-0.3, -0.25) is 9.52 Å². The molecular weight excluding hydrogens is 436 g/mol. The predicted octanol–water partition coefficient (Wildman–Crippen LogP) is 5.46. The first-order valence-electron chi connectivity index (χ1n) is 11.0. The van der Waals surface area contributed by atoms with E-state index in [1.54, 1.807) is 12.1 Å². The molecule has 0 aliphatic carbocycles. The van der Waals surface area contributed by atoms with E-state index in [9.17, 15) is 13.2 Å². The van der Waals surface area contributed by atoms with Gasteiger partial charge in [-0.15, -0.1) is 0 Å². The molecule has 3 aromatic rings. The fourth-order valence-electron chi connectivity index (χ4n) is 3.44. The number of amides is 1. The lowest BCUT2D eigenvalue weighted by Crippen LogP contribution is -2.20. The highest BCUT2D eigenvalue weighted by molar-refractivity contribution is 7.92. The summed E-state index contributed by atoms with van der Waals surface area (Å²) in [7, 11) is -3.73. The minimum absolute atomic E-state index is 0.113. The van der Waals surface area contributed by atoms with E-state index in [0.717, 1.165) is 30.4 Å². The Morgan fingerprint density at radius 3 is 2.12 bits per heavy atom. The summed E-state index contributed by atoms with van der Waals surface area (Å²) in [5.74, 6) is 0.120. The molecule has 1 amide bonds. The van der Waals surface area contributed by atoms with Crippen molar-refractivity contribution in [1.82, 2.24) is 0 Å². The molecule has 33 heavy (non-hydrogen) atoms. The molecule has 0 heterocycles. The van der Waals surface area contributed by atoms with Crippen LogP contribution in [0.5, 0.6) is 5.75 Å². The van der Waals surface area contributed by atoms with Crippen LogP contribution >= 0.6 is 0 Å². The Hall–Kier alpha value is -3.32. The minimum atomic E-state index is -3.73. The van der Waals surface area contributed by atoms with Crippen molar-refractivity contribution in [1.29, 1.82) is 0 Å². The largest absolute Gasteiger partial charge is 0.484 e. The molecule has 0 spiro atoms. The first-order chi connectivity index (χ1) is 15.7. The average Bonchev–Trinajstić information content (AvgIpc) is 2.76. The maximum absolute atomic E-state index is 12.7. The van der Waals surface area contributed by atoms with Crippen LogP contribution in [0.2, 0.25) is 0 Å². The van der Waals surface area contributed by atoms with Crippen molar-refractivity contribution >= 4 is 27.3 Å². The zero-order chi connectivity index (χ0) is 23.8. The van der Waals surface area contributed by atoms with Crippen LogP contribution in [-0.4, -0.2) is 20.9 Å². The van der Waals surface area contributed by atoms with Crippen LogP contribution in [0.15, 0.2) is 71.6 Å². The van der Waals surface area contributed by atoms with Gasteiger partial charge in [-0.1, -0.05) is 31.5 Å². The number of hydrogen-bond donors (Lipinski definition) is 2. The van der Waals surface area contributed by atoms with E-state index in [-0.39, 0.29) is 17.4 Å². The van der Waals surface area contributed by atoms with E-state index in [2.05, 4.69) is 17.0 Å². The fourth-order valence-corrected chi connectivity index (χ4v) is 4.48. The SMILES string of the molecule is CCCCc1ccc(NC(=O)COc2ccc(S(=O)(=O)Nc3cc(C)cc(C)c3)cc2)cc1. The summed E-state index contributed by atoms with van der Waals surface area (Å²) >= 11 is 0. The second kappa shape index (κ2) is 11.0. The molecule has 0 saturated carbocycles. The van der Waals surface area contributed by atoms with E-state index >= 15 is 0 Å². The molecule has 0 aliphatic heterocycles. The molecule has 0 bridgehead atoms. The lowest BCUT2D eigenvalue weighted by molar-refractivity contribution is -0.118. The second-order valence-corrected chi connectivity index (χ2v) is 9.77. The van der Waals surface area contributed by atoms with Gasteiger partial charge in [0.25, 0.3) is 15.9 Å². The number of benzene rings is 3. The summed E-state index contributed by atoms with van der Waals surface area (Å²) < 4.78 is 33.4. The fraction of sp³-hybridized carbons (Fsp3) is 0.269. The molecule has 3 aromatic carbocycles. The molecule has 0 unspecified atom stereocenters. The number of sulfonamides is 1. The van der Waals surface area contributed by atoms with Crippen LogP contribution < -0.4 is 14.8 Å². The van der Waals surface area contributed by atoms with Crippen LogP contribution in [0, 0.1) is 13.8 Å². The number of hydrogen-bond acceptors (Lipinski definition) is 4. The van der Waals surface area contributed by atoms with Gasteiger partial charge in [0.15, 0.2) is 6.61 Å². The Labute approximate surface area is 196 Å². The van der Waals surface area contributed by atoms with Crippen LogP contribution in [0.4, 0.5) is 11.4 Å². The maximum Gasteiger partial charge on any atom is 0.262 e. The van der Waals surface area contributed by atoms with Crippen LogP contribution in [-0.2, 0) is 21.2 Å². The average molecular weight is 467 g/mol. The summed E-state index contributed by atoms with van der Waals surface area (Å²) in [6.07, 6.45) is 3.31. The summed E-state index contributed by atoms with van der Waals surface area (Å²) in [6.45, 7) is 5.81. The smallest absolute Gasteiger partial charge is 0.262 e. The Morgan fingerprint density at radius 2 is 1.52 bits per heavy atom. The Morgan fingerprint density at radius 1 is 0.879 bits per heavy atom. The van der Waals surface area contributed by atoms with Crippen LogP contribution in [0.25, 0.3) is 0 Å². The number of anilines is 2. The van der Waals surface area contributed by atoms with Gasteiger partial charge < -0.3 is 10.1 Å². The first-order valence-corrected chi connectivity index (χ1v) is 12.5. The van der Waals surface area contributed by atoms with Crippen LogP contribution in [0.3, 0.4) is 0 Å². The van der Waals surface area contributed by atoms with E-state index in [1.165, 1.54) is 29.8 Å². The van der Waals surface area contributed by atoms with Gasteiger partial charge in [-0.25, -0.2) is 8.42 Å². The molecule has 0 aromatic heterocycles. The van der Waals surface area contributed by atoms with Gasteiger partial charge in [0.2, 0.25) is 0 Å². The summed E-state index contributed by atoms with van der Waals surface area (Å²) in [5.41, 5.74) is 4.42. The van der Waals surface area contributed by atoms with Gasteiger partial charge >= 0.3 is 0 Å². The molecule has 0 atom stereocenters. The van der Waals surface area contributed by atoms with Crippen LogP contribution in [0.1, 0.15) is 36.5 Å². The number of nitrogens with one attached hydrogen (secondary N) is 2. The normalized spacial score (nSPS) is 11.1. The number of ether oxygens (including phenoxy) is 1. The zero-order valence-electron chi connectivity index (χ0n) is 19.2. The summed E-state index contributed by atoms with van der Waals surface area (Å²) in [6, 6.07) is 19.3. The summed E-state index contributed by atoms with van der Waals surface area (Å²) in [5, 5.41) is 2.80. The molecule has 3 rings (SSSR count). The monoisotopic (exact) mass is 466 g/mol. The topological polar surface area (TPSA) is 84.5 Å². The number of carbonyl (C=O) groups excluding carboxylic acids is 1. The van der Waals surface area contributed by atoms with Crippen molar-refractivity contribution in [3.05, 3.63) is 83.4 Å². The maximum atomic E-state index is 12.7. The van der Waals surface area contributed by atoms with E-state index in [4.69, 9.17) is 4.74 Å². The molecular formula is C26H30N2O4S. The number of unbranched alkanes of at least 4 members (excludes halogenated alkanes) is 1. The molecule has 0 saturated heterocycles. The van der Waals surface area contributed by atoms with E-state index < -0.39 is 10.0 Å². The molecule has 7 heteroatoms.